The number of hydrogen-bond acceptors (Lipinski definition) is 3. The highest BCUT2D eigenvalue weighted by atomic mass is 35.5. The fourth-order valence-electron chi connectivity index (χ4n) is 2.21. The number of carbonyl (C=O) groups excluding carboxylic acids is 1. The Balaban J connectivity index is 1.67. The van der Waals surface area contributed by atoms with Crippen LogP contribution in [-0.4, -0.2) is 10.2 Å². The number of ether oxygens (including phenoxy) is 1. The summed E-state index contributed by atoms with van der Waals surface area (Å²) in [7, 11) is 0. The first-order valence-electron chi connectivity index (χ1n) is 6.95. The van der Waals surface area contributed by atoms with E-state index < -0.39 is 0 Å². The van der Waals surface area contributed by atoms with Crippen LogP contribution in [0.25, 0.3) is 10.9 Å². The second-order valence-corrected chi connectivity index (χ2v) is 5.38. The Bertz CT molecular complexity index is 800. The molecule has 4 heteroatoms. The van der Waals surface area contributed by atoms with E-state index in [0.717, 1.165) is 27.9 Å². The lowest BCUT2D eigenvalue weighted by molar-refractivity contribution is -0.111. The molecule has 0 amide bonds. The Morgan fingerprint density at radius 1 is 1.00 bits per heavy atom. The average molecular weight is 312 g/mol. The van der Waals surface area contributed by atoms with Crippen molar-refractivity contribution >= 4 is 27.7 Å². The van der Waals surface area contributed by atoms with Crippen LogP contribution in [0.4, 0.5) is 0 Å². The van der Waals surface area contributed by atoms with E-state index in [1.54, 1.807) is 0 Å². The van der Waals surface area contributed by atoms with Crippen molar-refractivity contribution in [2.24, 2.45) is 0 Å². The molecule has 2 aromatic carbocycles. The van der Waals surface area contributed by atoms with Crippen molar-refractivity contribution < 1.29 is 9.53 Å². The molecule has 0 aliphatic carbocycles. The highest BCUT2D eigenvalue weighted by molar-refractivity contribution is 6.63. The smallest absolute Gasteiger partial charge is 0.226 e. The lowest BCUT2D eigenvalue weighted by Gasteiger charge is -2.07. The maximum absolute atomic E-state index is 10.8. The third kappa shape index (κ3) is 3.62. The van der Waals surface area contributed by atoms with Crippen molar-refractivity contribution in [3.05, 3.63) is 71.9 Å². The molecule has 3 aromatic rings. The van der Waals surface area contributed by atoms with Crippen LogP contribution in [0.15, 0.2) is 60.7 Å². The first-order valence-corrected chi connectivity index (χ1v) is 7.33. The zero-order valence-electron chi connectivity index (χ0n) is 11.8. The van der Waals surface area contributed by atoms with E-state index in [1.807, 2.05) is 60.7 Å². The number of nitrogens with zero attached hydrogens (tertiary/aromatic N) is 1. The fourth-order valence-corrected chi connectivity index (χ4v) is 2.36. The van der Waals surface area contributed by atoms with Crippen LogP contribution in [0.5, 0.6) is 5.75 Å². The lowest BCUT2D eigenvalue weighted by Crippen LogP contribution is -1.99. The minimum absolute atomic E-state index is 0.230. The second kappa shape index (κ2) is 6.58. The third-order valence-corrected chi connectivity index (χ3v) is 3.44. The third-order valence-electron chi connectivity index (χ3n) is 3.31. The largest absolute Gasteiger partial charge is 0.487 e. The topological polar surface area (TPSA) is 39.2 Å². The molecule has 0 saturated heterocycles. The van der Waals surface area contributed by atoms with Crippen LogP contribution in [0.2, 0.25) is 0 Å². The molecule has 110 valence electrons. The molecule has 1 heterocycles. The summed E-state index contributed by atoms with van der Waals surface area (Å²) in [6, 6.07) is 19.3. The standard InChI is InChI=1S/C18H14ClNO2/c19-18(21)11-13-5-9-16(10-6-13)22-12-15-8-7-14-3-1-2-4-17(14)20-15/h1-10H,11-12H2. The number of hydrogen-bond donors (Lipinski definition) is 0. The van der Waals surface area contributed by atoms with E-state index in [2.05, 4.69) is 4.98 Å². The van der Waals surface area contributed by atoms with Crippen molar-refractivity contribution in [2.75, 3.05) is 0 Å². The maximum atomic E-state index is 10.8. The van der Waals surface area contributed by atoms with Crippen LogP contribution in [0, 0.1) is 0 Å². The lowest BCUT2D eigenvalue weighted by atomic mass is 10.1. The van der Waals surface area contributed by atoms with E-state index in [4.69, 9.17) is 16.3 Å². The van der Waals surface area contributed by atoms with Crippen LogP contribution in [0.3, 0.4) is 0 Å². The zero-order chi connectivity index (χ0) is 15.4. The second-order valence-electron chi connectivity index (χ2n) is 4.96. The van der Waals surface area contributed by atoms with Crippen LogP contribution >= 0.6 is 11.6 Å². The van der Waals surface area contributed by atoms with Gasteiger partial charge in [-0.3, -0.25) is 4.79 Å². The van der Waals surface area contributed by atoms with Crippen molar-refractivity contribution in [3.8, 4) is 5.75 Å². The van der Waals surface area contributed by atoms with Gasteiger partial charge in [-0.05, 0) is 41.4 Å². The molecule has 0 atom stereocenters. The van der Waals surface area contributed by atoms with E-state index in [0.29, 0.717) is 6.61 Å². The molecule has 0 radical (unpaired) electrons. The highest BCUT2D eigenvalue weighted by Crippen LogP contribution is 2.16. The molecular formula is C18H14ClNO2. The van der Waals surface area contributed by atoms with Crippen molar-refractivity contribution in [3.63, 3.8) is 0 Å². The number of rotatable bonds is 5. The highest BCUT2D eigenvalue weighted by Gasteiger charge is 2.02. The summed E-state index contributed by atoms with van der Waals surface area (Å²) in [6.45, 7) is 0.401. The van der Waals surface area contributed by atoms with Gasteiger partial charge in [0, 0.05) is 11.8 Å². The first-order chi connectivity index (χ1) is 10.7. The Hall–Kier alpha value is -2.39. The van der Waals surface area contributed by atoms with Gasteiger partial charge in [0.2, 0.25) is 5.24 Å². The minimum atomic E-state index is -0.367. The summed E-state index contributed by atoms with van der Waals surface area (Å²) in [5.41, 5.74) is 2.70. The number of para-hydroxylation sites is 1. The van der Waals surface area contributed by atoms with E-state index in [1.165, 1.54) is 0 Å². The van der Waals surface area contributed by atoms with Gasteiger partial charge in [-0.1, -0.05) is 36.4 Å². The number of halogens is 1. The van der Waals surface area contributed by atoms with Gasteiger partial charge in [0.15, 0.2) is 0 Å². The summed E-state index contributed by atoms with van der Waals surface area (Å²) < 4.78 is 5.72. The molecule has 0 fully saturated rings. The Morgan fingerprint density at radius 3 is 2.55 bits per heavy atom. The van der Waals surface area contributed by atoms with Gasteiger partial charge in [-0.15, -0.1) is 0 Å². The quantitative estimate of drug-likeness (QED) is 0.665. The van der Waals surface area contributed by atoms with Crippen LogP contribution in [-0.2, 0) is 17.8 Å². The minimum Gasteiger partial charge on any atom is -0.487 e. The van der Waals surface area contributed by atoms with Gasteiger partial charge in [0.1, 0.15) is 12.4 Å². The Labute approximate surface area is 133 Å². The van der Waals surface area contributed by atoms with Crippen LogP contribution in [0.1, 0.15) is 11.3 Å². The average Bonchev–Trinajstić information content (AvgIpc) is 2.53. The van der Waals surface area contributed by atoms with Crippen LogP contribution < -0.4 is 4.74 Å². The molecule has 3 rings (SSSR count). The van der Waals surface area contributed by atoms with Gasteiger partial charge < -0.3 is 4.74 Å². The molecule has 0 saturated carbocycles. The molecular weight excluding hydrogens is 298 g/mol. The predicted octanol–water partition coefficient (Wildman–Crippen LogP) is 4.12. The van der Waals surface area contributed by atoms with E-state index >= 15 is 0 Å². The SMILES string of the molecule is O=C(Cl)Cc1ccc(OCc2ccc3ccccc3n2)cc1. The zero-order valence-corrected chi connectivity index (χ0v) is 12.6. The van der Waals surface area contributed by atoms with Crippen molar-refractivity contribution in [1.82, 2.24) is 4.98 Å². The van der Waals surface area contributed by atoms with E-state index in [9.17, 15) is 4.79 Å². The monoisotopic (exact) mass is 311 g/mol. The predicted molar refractivity (Wildman–Crippen MR) is 87.1 cm³/mol. The van der Waals surface area contributed by atoms with Gasteiger partial charge >= 0.3 is 0 Å². The van der Waals surface area contributed by atoms with Crippen molar-refractivity contribution in [2.45, 2.75) is 13.0 Å². The summed E-state index contributed by atoms with van der Waals surface area (Å²) in [5, 5.41) is 0.746. The molecule has 0 spiro atoms. The number of carbonyl (C=O) groups is 1. The molecule has 0 bridgehead atoms. The number of fused-ring (bicyclic) bond motifs is 1. The summed E-state index contributed by atoms with van der Waals surface area (Å²) in [6.07, 6.45) is 0.230. The number of benzene rings is 2. The summed E-state index contributed by atoms with van der Waals surface area (Å²) in [5.74, 6) is 0.737. The fraction of sp³-hybridized carbons (Fsp3) is 0.111. The Kier molecular flexibility index (Phi) is 4.35. The van der Waals surface area contributed by atoms with Gasteiger partial charge in [-0.2, -0.15) is 0 Å². The van der Waals surface area contributed by atoms with Gasteiger partial charge in [0.25, 0.3) is 0 Å². The molecule has 1 aromatic heterocycles. The first kappa shape index (κ1) is 14.5. The van der Waals surface area contributed by atoms with Crippen molar-refractivity contribution in [1.29, 1.82) is 0 Å². The van der Waals surface area contributed by atoms with Gasteiger partial charge in [0.05, 0.1) is 11.2 Å². The number of pyridine rings is 1. The molecule has 0 N–H and O–H groups in total. The molecule has 3 nitrogen and oxygen atoms in total. The van der Waals surface area contributed by atoms with E-state index in [-0.39, 0.29) is 11.7 Å². The van der Waals surface area contributed by atoms with Gasteiger partial charge in [-0.25, -0.2) is 4.98 Å². The number of aromatic nitrogens is 1. The Morgan fingerprint density at radius 2 is 1.77 bits per heavy atom. The summed E-state index contributed by atoms with van der Waals surface area (Å²) >= 11 is 5.36. The molecule has 22 heavy (non-hydrogen) atoms. The molecule has 0 unspecified atom stereocenters. The molecule has 0 aliphatic rings. The normalized spacial score (nSPS) is 10.6. The molecule has 0 aliphatic heterocycles. The summed E-state index contributed by atoms with van der Waals surface area (Å²) in [4.78, 5) is 15.4. The maximum Gasteiger partial charge on any atom is 0.226 e.